The van der Waals surface area contributed by atoms with E-state index in [2.05, 4.69) is 34.1 Å². The van der Waals surface area contributed by atoms with Crippen molar-refractivity contribution in [3.63, 3.8) is 0 Å². The average Bonchev–Trinajstić information content (AvgIpc) is 3.26. The maximum absolute atomic E-state index is 5.92. The van der Waals surface area contributed by atoms with E-state index >= 15 is 0 Å². The van der Waals surface area contributed by atoms with Crippen LogP contribution in [0.25, 0.3) is 5.00 Å². The Hall–Kier alpha value is -1.84. The van der Waals surface area contributed by atoms with E-state index in [1.54, 1.807) is 4.88 Å². The largest absolute Gasteiger partial charge is 0.315 e. The molecular formula is C19H17ClN2S. The van der Waals surface area contributed by atoms with E-state index in [1.165, 1.54) is 35.4 Å². The number of aromatic nitrogens is 1. The summed E-state index contributed by atoms with van der Waals surface area (Å²) < 4.78 is 2.22. The van der Waals surface area contributed by atoms with Gasteiger partial charge in [0.15, 0.2) is 0 Å². The number of rotatable bonds is 4. The minimum Gasteiger partial charge on any atom is -0.315 e. The number of thiophene rings is 1. The molecule has 1 aliphatic rings. The van der Waals surface area contributed by atoms with Crippen molar-refractivity contribution in [1.29, 1.82) is 0 Å². The normalized spacial score (nSPS) is 13.8. The molecule has 116 valence electrons. The van der Waals surface area contributed by atoms with Gasteiger partial charge in [-0.25, -0.2) is 0 Å². The first-order valence-electron chi connectivity index (χ1n) is 7.83. The molecule has 0 amide bonds. The molecular weight excluding hydrogens is 324 g/mol. The van der Waals surface area contributed by atoms with Crippen LogP contribution in [0.4, 0.5) is 0 Å². The topological polar surface area (TPSA) is 17.3 Å². The Morgan fingerprint density at radius 2 is 1.91 bits per heavy atom. The van der Waals surface area contributed by atoms with Crippen LogP contribution in [0.3, 0.4) is 0 Å². The number of benzene rings is 1. The van der Waals surface area contributed by atoms with Crippen molar-refractivity contribution in [2.24, 2.45) is 4.99 Å². The Morgan fingerprint density at radius 1 is 1.13 bits per heavy atom. The van der Waals surface area contributed by atoms with E-state index in [9.17, 15) is 0 Å². The quantitative estimate of drug-likeness (QED) is 0.573. The van der Waals surface area contributed by atoms with Crippen molar-refractivity contribution < 1.29 is 0 Å². The van der Waals surface area contributed by atoms with Gasteiger partial charge >= 0.3 is 0 Å². The highest BCUT2D eigenvalue weighted by atomic mass is 35.5. The lowest BCUT2D eigenvalue weighted by Gasteiger charge is -2.05. The third kappa shape index (κ3) is 2.99. The smallest absolute Gasteiger partial charge is 0.105 e. The van der Waals surface area contributed by atoms with Gasteiger partial charge in [-0.3, -0.25) is 4.99 Å². The zero-order chi connectivity index (χ0) is 15.6. The minimum absolute atomic E-state index is 0.738. The van der Waals surface area contributed by atoms with Crippen LogP contribution in [0.5, 0.6) is 0 Å². The van der Waals surface area contributed by atoms with Crippen molar-refractivity contribution in [2.75, 3.05) is 0 Å². The van der Waals surface area contributed by atoms with Gasteiger partial charge in [-0.05, 0) is 54.7 Å². The van der Waals surface area contributed by atoms with E-state index < -0.39 is 0 Å². The van der Waals surface area contributed by atoms with Crippen LogP contribution in [0.15, 0.2) is 53.8 Å². The van der Waals surface area contributed by atoms with E-state index in [1.807, 2.05) is 41.8 Å². The van der Waals surface area contributed by atoms with Crippen LogP contribution in [0.2, 0.25) is 5.02 Å². The molecule has 0 bridgehead atoms. The zero-order valence-electron chi connectivity index (χ0n) is 12.7. The van der Waals surface area contributed by atoms with Crippen LogP contribution in [0, 0.1) is 0 Å². The molecule has 0 N–H and O–H groups in total. The number of fused-ring (bicyclic) bond motifs is 1. The highest BCUT2D eigenvalue weighted by Crippen LogP contribution is 2.38. The molecule has 0 spiro atoms. The number of aliphatic imine (C=N–C) groups is 1. The monoisotopic (exact) mass is 340 g/mol. The minimum atomic E-state index is 0.738. The summed E-state index contributed by atoms with van der Waals surface area (Å²) >= 11 is 7.85. The van der Waals surface area contributed by atoms with E-state index in [-0.39, 0.29) is 0 Å². The van der Waals surface area contributed by atoms with Crippen LogP contribution in [0.1, 0.15) is 28.0 Å². The lowest BCUT2D eigenvalue weighted by atomic mass is 10.1. The van der Waals surface area contributed by atoms with Crippen LogP contribution < -0.4 is 0 Å². The predicted octanol–water partition coefficient (Wildman–Crippen LogP) is 5.30. The molecule has 0 saturated carbocycles. The van der Waals surface area contributed by atoms with E-state index in [4.69, 9.17) is 11.6 Å². The number of hydrogen-bond acceptors (Lipinski definition) is 2. The van der Waals surface area contributed by atoms with Gasteiger partial charge in [-0.2, -0.15) is 0 Å². The highest BCUT2D eigenvalue weighted by Gasteiger charge is 2.22. The first-order chi connectivity index (χ1) is 11.3. The lowest BCUT2D eigenvalue weighted by molar-refractivity contribution is 0.898. The first kappa shape index (κ1) is 14.7. The fraction of sp³-hybridized carbons (Fsp3) is 0.211. The summed E-state index contributed by atoms with van der Waals surface area (Å²) in [4.78, 5) is 6.23. The zero-order valence-corrected chi connectivity index (χ0v) is 14.3. The average molecular weight is 341 g/mol. The fourth-order valence-corrected chi connectivity index (χ4v) is 4.58. The van der Waals surface area contributed by atoms with Crippen LogP contribution in [-0.2, 0) is 19.4 Å². The Kier molecular flexibility index (Phi) is 4.06. The Morgan fingerprint density at radius 3 is 2.70 bits per heavy atom. The number of aryl methyl sites for hydroxylation is 1. The molecule has 4 heteroatoms. The van der Waals surface area contributed by atoms with Gasteiger partial charge in [0.2, 0.25) is 0 Å². The van der Waals surface area contributed by atoms with Crippen molar-refractivity contribution in [3.05, 3.63) is 75.4 Å². The summed E-state index contributed by atoms with van der Waals surface area (Å²) in [5, 5.41) is 2.08. The highest BCUT2D eigenvalue weighted by molar-refractivity contribution is 7.15. The second kappa shape index (κ2) is 6.34. The lowest BCUT2D eigenvalue weighted by Crippen LogP contribution is -1.95. The number of halogens is 1. The molecule has 0 atom stereocenters. The van der Waals surface area contributed by atoms with Gasteiger partial charge in [0.1, 0.15) is 5.00 Å². The molecule has 1 aliphatic carbocycles. The molecule has 0 saturated heterocycles. The first-order valence-corrected chi connectivity index (χ1v) is 9.03. The molecule has 0 unspecified atom stereocenters. The maximum atomic E-state index is 5.92. The summed E-state index contributed by atoms with van der Waals surface area (Å²) in [6.45, 7) is 0.738. The second-order valence-corrected chi connectivity index (χ2v) is 7.27. The van der Waals surface area contributed by atoms with Crippen molar-refractivity contribution >= 4 is 29.2 Å². The van der Waals surface area contributed by atoms with Crippen molar-refractivity contribution in [1.82, 2.24) is 4.57 Å². The van der Waals surface area contributed by atoms with Gasteiger partial charge in [0.25, 0.3) is 0 Å². The summed E-state index contributed by atoms with van der Waals surface area (Å²) in [5.41, 5.74) is 4.01. The molecule has 2 heterocycles. The van der Waals surface area contributed by atoms with Gasteiger partial charge in [0.05, 0.1) is 6.54 Å². The fourth-order valence-electron chi connectivity index (χ4n) is 3.09. The third-order valence-electron chi connectivity index (χ3n) is 4.21. The van der Waals surface area contributed by atoms with Gasteiger partial charge in [-0.1, -0.05) is 23.7 Å². The van der Waals surface area contributed by atoms with E-state index in [0.717, 1.165) is 17.1 Å². The van der Waals surface area contributed by atoms with Crippen LogP contribution in [-0.4, -0.2) is 10.8 Å². The molecule has 23 heavy (non-hydrogen) atoms. The third-order valence-corrected chi connectivity index (χ3v) is 5.81. The van der Waals surface area contributed by atoms with Crippen molar-refractivity contribution in [2.45, 2.75) is 25.8 Å². The molecule has 0 radical (unpaired) electrons. The Balaban J connectivity index is 1.62. The summed E-state index contributed by atoms with van der Waals surface area (Å²) in [6, 6.07) is 11.9. The molecule has 3 aromatic rings. The summed E-state index contributed by atoms with van der Waals surface area (Å²) in [5.74, 6) is 0. The Labute approximate surface area is 145 Å². The second-order valence-electron chi connectivity index (χ2n) is 5.75. The molecule has 0 fully saturated rings. The Bertz CT molecular complexity index is 829. The molecule has 2 nitrogen and oxygen atoms in total. The molecule has 0 aliphatic heterocycles. The van der Waals surface area contributed by atoms with Crippen molar-refractivity contribution in [3.8, 4) is 5.00 Å². The molecule has 1 aromatic carbocycles. The van der Waals surface area contributed by atoms with Gasteiger partial charge < -0.3 is 4.57 Å². The SMILES string of the molecule is Clc1ccc(C=NCc2c(-n3cccc3)sc3c2CCC3)cc1. The maximum Gasteiger partial charge on any atom is 0.105 e. The van der Waals surface area contributed by atoms with Crippen LogP contribution >= 0.6 is 22.9 Å². The molecule has 4 rings (SSSR count). The predicted molar refractivity (Wildman–Crippen MR) is 98.4 cm³/mol. The molecule has 2 aromatic heterocycles. The van der Waals surface area contributed by atoms with Gasteiger partial charge in [0, 0.05) is 34.1 Å². The van der Waals surface area contributed by atoms with Gasteiger partial charge in [-0.15, -0.1) is 11.3 Å². The number of nitrogens with zero attached hydrogens (tertiary/aromatic N) is 2. The summed E-state index contributed by atoms with van der Waals surface area (Å²) in [6.07, 6.45) is 9.87. The number of hydrogen-bond donors (Lipinski definition) is 0. The van der Waals surface area contributed by atoms with E-state index in [0.29, 0.717) is 0 Å². The standard InChI is InChI=1S/C19H17ClN2S/c20-15-8-6-14(7-9-15)12-21-13-17-16-4-3-5-18(16)23-19(17)22-10-1-2-11-22/h1-2,6-12H,3-5,13H2. The summed E-state index contributed by atoms with van der Waals surface area (Å²) in [7, 11) is 0.